The number of hydrogen-bond acceptors (Lipinski definition) is 3. The molecule has 0 radical (unpaired) electrons. The molecule has 0 fully saturated rings. The Morgan fingerprint density at radius 1 is 1.26 bits per heavy atom. The largest absolute Gasteiger partial charge is 0.396 e. The highest BCUT2D eigenvalue weighted by Crippen LogP contribution is 2.15. The third kappa shape index (κ3) is 4.81. The van der Waals surface area contributed by atoms with E-state index in [1.165, 1.54) is 4.31 Å². The molecule has 0 saturated heterocycles. The SMILES string of the molecule is CCN(CC)S(=O)(=O)Nc1cccc(CCCO)c1. The maximum Gasteiger partial charge on any atom is 0.301 e. The predicted molar refractivity (Wildman–Crippen MR) is 77.3 cm³/mol. The third-order valence-corrected chi connectivity index (χ3v) is 4.53. The molecule has 0 saturated carbocycles. The highest BCUT2D eigenvalue weighted by Gasteiger charge is 2.18. The van der Waals surface area contributed by atoms with E-state index in [0.717, 1.165) is 12.0 Å². The standard InChI is InChI=1S/C13H22N2O3S/c1-3-15(4-2)19(17,18)14-13-9-5-7-12(11-13)8-6-10-16/h5,7,9,11,14,16H,3-4,6,8,10H2,1-2H3. The van der Waals surface area contributed by atoms with Crippen molar-refractivity contribution >= 4 is 15.9 Å². The van der Waals surface area contributed by atoms with E-state index in [4.69, 9.17) is 5.11 Å². The topological polar surface area (TPSA) is 69.6 Å². The van der Waals surface area contributed by atoms with Gasteiger partial charge in [-0.1, -0.05) is 26.0 Å². The fourth-order valence-corrected chi connectivity index (χ4v) is 3.08. The van der Waals surface area contributed by atoms with Gasteiger partial charge in [0, 0.05) is 19.7 Å². The predicted octanol–water partition coefficient (Wildman–Crippen LogP) is 1.61. The Balaban J connectivity index is 2.81. The molecular weight excluding hydrogens is 264 g/mol. The Hall–Kier alpha value is -1.11. The van der Waals surface area contributed by atoms with Gasteiger partial charge in [-0.05, 0) is 30.5 Å². The van der Waals surface area contributed by atoms with Gasteiger partial charge in [0.05, 0.1) is 5.69 Å². The number of hydrogen-bond donors (Lipinski definition) is 2. The molecule has 0 spiro atoms. The zero-order valence-electron chi connectivity index (χ0n) is 11.5. The highest BCUT2D eigenvalue weighted by atomic mass is 32.2. The normalized spacial score (nSPS) is 11.8. The van der Waals surface area contributed by atoms with E-state index in [2.05, 4.69) is 4.72 Å². The number of aliphatic hydroxyl groups excluding tert-OH is 1. The lowest BCUT2D eigenvalue weighted by Gasteiger charge is -2.19. The molecule has 1 aromatic rings. The van der Waals surface area contributed by atoms with Gasteiger partial charge < -0.3 is 5.11 Å². The summed E-state index contributed by atoms with van der Waals surface area (Å²) in [6.07, 6.45) is 1.41. The van der Waals surface area contributed by atoms with Crippen LogP contribution in [0.5, 0.6) is 0 Å². The second-order valence-electron chi connectivity index (χ2n) is 4.22. The number of nitrogens with zero attached hydrogens (tertiary/aromatic N) is 1. The molecule has 19 heavy (non-hydrogen) atoms. The second kappa shape index (κ2) is 7.47. The van der Waals surface area contributed by atoms with E-state index < -0.39 is 10.2 Å². The molecule has 0 amide bonds. The molecule has 0 heterocycles. The Morgan fingerprint density at radius 2 is 1.95 bits per heavy atom. The Kier molecular flexibility index (Phi) is 6.27. The number of anilines is 1. The van der Waals surface area contributed by atoms with Gasteiger partial charge in [-0.25, -0.2) is 0 Å². The van der Waals surface area contributed by atoms with Gasteiger partial charge in [0.25, 0.3) is 0 Å². The van der Waals surface area contributed by atoms with E-state index in [-0.39, 0.29) is 6.61 Å². The number of aliphatic hydroxyl groups is 1. The first-order valence-corrected chi connectivity index (χ1v) is 7.95. The summed E-state index contributed by atoms with van der Waals surface area (Å²) in [6, 6.07) is 7.26. The molecule has 0 aliphatic heterocycles. The molecule has 0 aliphatic rings. The lowest BCUT2D eigenvalue weighted by molar-refractivity contribution is 0.288. The summed E-state index contributed by atoms with van der Waals surface area (Å²) in [5, 5.41) is 8.80. The van der Waals surface area contributed by atoms with E-state index in [1.807, 2.05) is 12.1 Å². The van der Waals surface area contributed by atoms with Crippen molar-refractivity contribution in [2.24, 2.45) is 0 Å². The van der Waals surface area contributed by atoms with Gasteiger partial charge in [0.15, 0.2) is 0 Å². The van der Waals surface area contributed by atoms with Crippen LogP contribution < -0.4 is 4.72 Å². The van der Waals surface area contributed by atoms with Gasteiger partial charge >= 0.3 is 10.2 Å². The summed E-state index contributed by atoms with van der Waals surface area (Å²) >= 11 is 0. The average molecular weight is 286 g/mol. The van der Waals surface area contributed by atoms with Gasteiger partial charge in [-0.15, -0.1) is 0 Å². The minimum atomic E-state index is -3.48. The third-order valence-electron chi connectivity index (χ3n) is 2.84. The minimum Gasteiger partial charge on any atom is -0.396 e. The van der Waals surface area contributed by atoms with Gasteiger partial charge in [-0.2, -0.15) is 12.7 Å². The Labute approximate surface area is 115 Å². The number of nitrogens with one attached hydrogen (secondary N) is 1. The van der Waals surface area contributed by atoms with E-state index in [0.29, 0.717) is 25.2 Å². The van der Waals surface area contributed by atoms with E-state index in [9.17, 15) is 8.42 Å². The first-order valence-electron chi connectivity index (χ1n) is 6.51. The monoisotopic (exact) mass is 286 g/mol. The van der Waals surface area contributed by atoms with Gasteiger partial charge in [0.1, 0.15) is 0 Å². The molecule has 1 rings (SSSR count). The van der Waals surface area contributed by atoms with Crippen molar-refractivity contribution in [2.75, 3.05) is 24.4 Å². The summed E-state index contributed by atoms with van der Waals surface area (Å²) in [6.45, 7) is 4.63. The molecule has 6 heteroatoms. The van der Waals surface area contributed by atoms with Crippen LogP contribution in [0, 0.1) is 0 Å². The molecular formula is C13H22N2O3S. The quantitative estimate of drug-likeness (QED) is 0.763. The van der Waals surface area contributed by atoms with Crippen molar-refractivity contribution in [1.82, 2.24) is 4.31 Å². The smallest absolute Gasteiger partial charge is 0.301 e. The highest BCUT2D eigenvalue weighted by molar-refractivity contribution is 7.90. The van der Waals surface area contributed by atoms with Crippen LogP contribution in [-0.4, -0.2) is 37.5 Å². The van der Waals surface area contributed by atoms with Crippen LogP contribution in [-0.2, 0) is 16.6 Å². The Morgan fingerprint density at radius 3 is 2.53 bits per heavy atom. The fourth-order valence-electron chi connectivity index (χ4n) is 1.85. The first kappa shape index (κ1) is 15.9. The average Bonchev–Trinajstić information content (AvgIpc) is 2.37. The van der Waals surface area contributed by atoms with Crippen LogP contribution in [0.25, 0.3) is 0 Å². The maximum absolute atomic E-state index is 12.1. The van der Waals surface area contributed by atoms with Crippen LogP contribution in [0.3, 0.4) is 0 Å². The van der Waals surface area contributed by atoms with Crippen molar-refractivity contribution < 1.29 is 13.5 Å². The van der Waals surface area contributed by atoms with Crippen molar-refractivity contribution in [2.45, 2.75) is 26.7 Å². The summed E-state index contributed by atoms with van der Waals surface area (Å²) in [5.74, 6) is 0. The van der Waals surface area contributed by atoms with Crippen LogP contribution in [0.1, 0.15) is 25.8 Å². The van der Waals surface area contributed by atoms with Crippen molar-refractivity contribution in [3.05, 3.63) is 29.8 Å². The summed E-state index contributed by atoms with van der Waals surface area (Å²) < 4.78 is 28.1. The number of rotatable bonds is 8. The Bertz CT molecular complexity index is 484. The van der Waals surface area contributed by atoms with Crippen LogP contribution >= 0.6 is 0 Å². The molecule has 2 N–H and O–H groups in total. The lowest BCUT2D eigenvalue weighted by Crippen LogP contribution is -2.35. The molecule has 1 aromatic carbocycles. The van der Waals surface area contributed by atoms with Gasteiger partial charge in [-0.3, -0.25) is 4.72 Å². The molecule has 108 valence electrons. The maximum atomic E-state index is 12.1. The number of benzene rings is 1. The fraction of sp³-hybridized carbons (Fsp3) is 0.538. The minimum absolute atomic E-state index is 0.134. The zero-order chi connectivity index (χ0) is 14.3. The summed E-state index contributed by atoms with van der Waals surface area (Å²) in [4.78, 5) is 0. The van der Waals surface area contributed by atoms with E-state index in [1.54, 1.807) is 26.0 Å². The molecule has 0 unspecified atom stereocenters. The molecule has 5 nitrogen and oxygen atoms in total. The van der Waals surface area contributed by atoms with Crippen LogP contribution in [0.15, 0.2) is 24.3 Å². The first-order chi connectivity index (χ1) is 9.03. The van der Waals surface area contributed by atoms with Gasteiger partial charge in [0.2, 0.25) is 0 Å². The molecule has 0 aromatic heterocycles. The summed E-state index contributed by atoms with van der Waals surface area (Å²) in [5.41, 5.74) is 1.57. The second-order valence-corrected chi connectivity index (χ2v) is 5.89. The lowest BCUT2D eigenvalue weighted by atomic mass is 10.1. The van der Waals surface area contributed by atoms with Crippen LogP contribution in [0.2, 0.25) is 0 Å². The molecule has 0 aliphatic carbocycles. The van der Waals surface area contributed by atoms with Crippen molar-refractivity contribution in [3.63, 3.8) is 0 Å². The zero-order valence-corrected chi connectivity index (χ0v) is 12.3. The number of aryl methyl sites for hydroxylation is 1. The van der Waals surface area contributed by atoms with Crippen LogP contribution in [0.4, 0.5) is 5.69 Å². The summed E-state index contributed by atoms with van der Waals surface area (Å²) in [7, 11) is -3.48. The molecule has 0 atom stereocenters. The van der Waals surface area contributed by atoms with E-state index >= 15 is 0 Å². The molecule has 0 bridgehead atoms. The van der Waals surface area contributed by atoms with Crippen molar-refractivity contribution in [1.29, 1.82) is 0 Å². The van der Waals surface area contributed by atoms with Crippen molar-refractivity contribution in [3.8, 4) is 0 Å².